The Hall–Kier alpha value is -1.89. The Labute approximate surface area is 161 Å². The smallest absolute Gasteiger partial charge is 0.227 e. The fourth-order valence-corrected chi connectivity index (χ4v) is 6.55. The minimum absolute atomic E-state index is 0.0238. The monoisotopic (exact) mass is 392 g/mol. The summed E-state index contributed by atoms with van der Waals surface area (Å²) >= 11 is 0. The Morgan fingerprint density at radius 3 is 2.41 bits per heavy atom. The second kappa shape index (κ2) is 7.26. The summed E-state index contributed by atoms with van der Waals surface area (Å²) in [7, 11) is -3.39. The van der Waals surface area contributed by atoms with Crippen molar-refractivity contribution in [3.05, 3.63) is 35.9 Å². The molecule has 0 radical (unpaired) electrons. The van der Waals surface area contributed by atoms with E-state index < -0.39 is 20.5 Å². The number of nitrogens with zero attached hydrogens (tertiary/aromatic N) is 2. The third-order valence-electron chi connectivity index (χ3n) is 5.70. The number of benzene rings is 1. The van der Waals surface area contributed by atoms with Gasteiger partial charge in [-0.05, 0) is 17.9 Å². The summed E-state index contributed by atoms with van der Waals surface area (Å²) in [5.74, 6) is -0.507. The summed E-state index contributed by atoms with van der Waals surface area (Å²) < 4.78 is 24.4. The van der Waals surface area contributed by atoms with Gasteiger partial charge in [-0.15, -0.1) is 0 Å². The topological polar surface area (TPSA) is 74.8 Å². The van der Waals surface area contributed by atoms with E-state index in [1.165, 1.54) is 11.8 Å². The largest absolute Gasteiger partial charge is 0.340 e. The maximum Gasteiger partial charge on any atom is 0.227 e. The van der Waals surface area contributed by atoms with Gasteiger partial charge in [0.1, 0.15) is 4.75 Å². The first kappa shape index (κ1) is 19.9. The van der Waals surface area contributed by atoms with Gasteiger partial charge in [-0.2, -0.15) is 0 Å². The standard InChI is InChI=1S/C20H28N2O4S/c1-15(2)11-21(12-17-7-5-4-6-8-17)19(24)18-9-10-27(25,26)20(18)13-22(14-20)16(3)23/h4-8,15,18H,9-14H2,1-3H3. The Kier molecular flexibility index (Phi) is 5.34. The van der Waals surface area contributed by atoms with Gasteiger partial charge in [-0.1, -0.05) is 44.2 Å². The second-order valence-corrected chi connectivity index (χ2v) is 10.6. The van der Waals surface area contributed by atoms with E-state index in [0.29, 0.717) is 19.5 Å². The molecule has 1 aromatic carbocycles. The van der Waals surface area contributed by atoms with Crippen LogP contribution in [0.2, 0.25) is 0 Å². The maximum atomic E-state index is 13.4. The van der Waals surface area contributed by atoms with Gasteiger partial charge < -0.3 is 9.80 Å². The van der Waals surface area contributed by atoms with Gasteiger partial charge in [0.25, 0.3) is 0 Å². The molecule has 1 spiro atoms. The summed E-state index contributed by atoms with van der Waals surface area (Å²) in [6.07, 6.45) is 0.344. The van der Waals surface area contributed by atoms with E-state index >= 15 is 0 Å². The summed E-state index contributed by atoms with van der Waals surface area (Å²) in [5, 5.41) is 0. The highest BCUT2D eigenvalue weighted by atomic mass is 32.2. The van der Waals surface area contributed by atoms with Gasteiger partial charge in [0.15, 0.2) is 9.84 Å². The molecule has 2 fully saturated rings. The Morgan fingerprint density at radius 2 is 1.85 bits per heavy atom. The van der Waals surface area contributed by atoms with Gasteiger partial charge in [0, 0.05) is 33.1 Å². The summed E-state index contributed by atoms with van der Waals surface area (Å²) in [6.45, 7) is 6.87. The molecule has 2 aliphatic rings. The second-order valence-electron chi connectivity index (χ2n) is 8.20. The SMILES string of the molecule is CC(=O)N1CC2(C1)C(C(=O)N(Cc1ccccc1)CC(C)C)CCS2(=O)=O. The highest BCUT2D eigenvalue weighted by molar-refractivity contribution is 7.93. The average Bonchev–Trinajstić information content (AvgIpc) is 2.83. The first-order valence-corrected chi connectivity index (χ1v) is 11.1. The van der Waals surface area contributed by atoms with E-state index in [1.807, 2.05) is 44.2 Å². The molecular weight excluding hydrogens is 364 g/mol. The fraction of sp³-hybridized carbons (Fsp3) is 0.600. The maximum absolute atomic E-state index is 13.4. The number of carbonyl (C=O) groups is 2. The lowest BCUT2D eigenvalue weighted by atomic mass is 9.82. The molecular formula is C20H28N2O4S. The first-order valence-electron chi connectivity index (χ1n) is 9.47. The summed E-state index contributed by atoms with van der Waals surface area (Å²) in [5.41, 5.74) is 1.03. The molecule has 1 aromatic rings. The molecule has 27 heavy (non-hydrogen) atoms. The number of sulfone groups is 1. The minimum Gasteiger partial charge on any atom is -0.340 e. The number of hydrogen-bond donors (Lipinski definition) is 0. The van der Waals surface area contributed by atoms with Crippen molar-refractivity contribution >= 4 is 21.7 Å². The van der Waals surface area contributed by atoms with Crippen LogP contribution in [0.15, 0.2) is 30.3 Å². The van der Waals surface area contributed by atoms with Crippen LogP contribution in [0.25, 0.3) is 0 Å². The van der Waals surface area contributed by atoms with Crippen LogP contribution in [0.1, 0.15) is 32.8 Å². The van der Waals surface area contributed by atoms with Gasteiger partial charge >= 0.3 is 0 Å². The zero-order chi connectivity index (χ0) is 19.8. The number of amides is 2. The van der Waals surface area contributed by atoms with E-state index in [-0.39, 0.29) is 36.6 Å². The lowest BCUT2D eigenvalue weighted by Crippen LogP contribution is -2.69. The van der Waals surface area contributed by atoms with E-state index in [9.17, 15) is 18.0 Å². The molecule has 2 amide bonds. The van der Waals surface area contributed by atoms with E-state index in [0.717, 1.165) is 5.56 Å². The molecule has 148 valence electrons. The van der Waals surface area contributed by atoms with Crippen LogP contribution in [0.3, 0.4) is 0 Å². The number of likely N-dealkylation sites (tertiary alicyclic amines) is 1. The Bertz CT molecular complexity index is 814. The van der Waals surface area contributed by atoms with Gasteiger partial charge in [-0.25, -0.2) is 8.42 Å². The molecule has 0 saturated carbocycles. The number of rotatable bonds is 5. The molecule has 7 heteroatoms. The van der Waals surface area contributed by atoms with Crippen molar-refractivity contribution in [2.45, 2.75) is 38.5 Å². The minimum atomic E-state index is -3.39. The molecule has 0 bridgehead atoms. The van der Waals surface area contributed by atoms with Gasteiger partial charge in [0.05, 0.1) is 11.7 Å². The fourth-order valence-electron chi connectivity index (χ4n) is 4.24. The van der Waals surface area contributed by atoms with E-state index in [4.69, 9.17) is 0 Å². The molecule has 1 atom stereocenters. The Balaban J connectivity index is 1.85. The van der Waals surface area contributed by atoms with E-state index in [2.05, 4.69) is 0 Å². The van der Waals surface area contributed by atoms with Crippen LogP contribution in [0, 0.1) is 11.8 Å². The van der Waals surface area contributed by atoms with E-state index in [1.54, 1.807) is 4.90 Å². The summed E-state index contributed by atoms with van der Waals surface area (Å²) in [6, 6.07) is 9.75. The van der Waals surface area contributed by atoms with Crippen molar-refractivity contribution in [3.8, 4) is 0 Å². The molecule has 2 aliphatic heterocycles. The first-order chi connectivity index (χ1) is 12.7. The van der Waals surface area contributed by atoms with Crippen molar-refractivity contribution < 1.29 is 18.0 Å². The molecule has 6 nitrogen and oxygen atoms in total. The van der Waals surface area contributed by atoms with Crippen LogP contribution in [-0.4, -0.2) is 60.2 Å². The molecule has 2 heterocycles. The highest BCUT2D eigenvalue weighted by Gasteiger charge is 2.64. The van der Waals surface area contributed by atoms with Crippen LogP contribution in [0.4, 0.5) is 0 Å². The highest BCUT2D eigenvalue weighted by Crippen LogP contribution is 2.45. The molecule has 0 aromatic heterocycles. The van der Waals surface area contributed by atoms with Crippen molar-refractivity contribution in [2.75, 3.05) is 25.4 Å². The number of carbonyl (C=O) groups excluding carboxylic acids is 2. The van der Waals surface area contributed by atoms with Gasteiger partial charge in [0.2, 0.25) is 11.8 Å². The molecule has 2 saturated heterocycles. The molecule has 0 aliphatic carbocycles. The van der Waals surface area contributed by atoms with Crippen LogP contribution in [0.5, 0.6) is 0 Å². The molecule has 3 rings (SSSR count). The normalized spacial score (nSPS) is 22.7. The van der Waals surface area contributed by atoms with Crippen LogP contribution >= 0.6 is 0 Å². The number of hydrogen-bond acceptors (Lipinski definition) is 4. The predicted octanol–water partition coefficient (Wildman–Crippen LogP) is 1.71. The molecule has 0 N–H and O–H groups in total. The van der Waals surface area contributed by atoms with Crippen molar-refractivity contribution in [1.82, 2.24) is 9.80 Å². The van der Waals surface area contributed by atoms with Gasteiger partial charge in [-0.3, -0.25) is 9.59 Å². The lowest BCUT2D eigenvalue weighted by molar-refractivity contribution is -0.144. The van der Waals surface area contributed by atoms with Crippen molar-refractivity contribution in [2.24, 2.45) is 11.8 Å². The third-order valence-corrected chi connectivity index (χ3v) is 8.26. The zero-order valence-electron chi connectivity index (χ0n) is 16.2. The van der Waals surface area contributed by atoms with Crippen LogP contribution in [-0.2, 0) is 26.0 Å². The molecule has 1 unspecified atom stereocenters. The average molecular weight is 393 g/mol. The van der Waals surface area contributed by atoms with Crippen LogP contribution < -0.4 is 0 Å². The predicted molar refractivity (Wildman–Crippen MR) is 104 cm³/mol. The van der Waals surface area contributed by atoms with Crippen molar-refractivity contribution in [1.29, 1.82) is 0 Å². The Morgan fingerprint density at radius 1 is 1.22 bits per heavy atom. The summed E-state index contributed by atoms with van der Waals surface area (Å²) in [4.78, 5) is 28.3. The zero-order valence-corrected chi connectivity index (χ0v) is 17.0. The lowest BCUT2D eigenvalue weighted by Gasteiger charge is -2.49. The van der Waals surface area contributed by atoms with Crippen molar-refractivity contribution in [3.63, 3.8) is 0 Å². The quantitative estimate of drug-likeness (QED) is 0.765. The third kappa shape index (κ3) is 3.61.